The Morgan fingerprint density at radius 3 is 2.46 bits per heavy atom. The second-order valence-electron chi connectivity index (χ2n) is 5.85. The molecular weight excluding hydrogens is 335 g/mol. The van der Waals surface area contributed by atoms with Crippen LogP contribution in [0.25, 0.3) is 0 Å². The molecular formula is C20H23FN2O3. The van der Waals surface area contributed by atoms with Crippen molar-refractivity contribution in [1.29, 1.82) is 0 Å². The summed E-state index contributed by atoms with van der Waals surface area (Å²) in [6, 6.07) is 13.6. The van der Waals surface area contributed by atoms with Gasteiger partial charge in [0.25, 0.3) is 0 Å². The number of anilines is 1. The minimum absolute atomic E-state index is 0.0971. The van der Waals surface area contributed by atoms with Crippen LogP contribution in [0.3, 0.4) is 0 Å². The highest BCUT2D eigenvalue weighted by Crippen LogP contribution is 2.18. The van der Waals surface area contributed by atoms with E-state index in [4.69, 9.17) is 4.74 Å². The molecule has 0 radical (unpaired) electrons. The first kappa shape index (κ1) is 19.4. The molecule has 0 aliphatic carbocycles. The summed E-state index contributed by atoms with van der Waals surface area (Å²) in [7, 11) is 1.61. The Kier molecular flexibility index (Phi) is 7.14. The first-order chi connectivity index (χ1) is 12.5. The standard InChI is InChI=1S/C20H23FN2O3/c1-15(24)23(13-11-16-7-3-6-10-19(16)26-2)14-12-20(25)22-18-9-5-4-8-17(18)21/h3-10H,11-14H2,1-2H3,(H,22,25). The summed E-state index contributed by atoms with van der Waals surface area (Å²) in [4.78, 5) is 25.5. The van der Waals surface area contributed by atoms with Crippen molar-refractivity contribution in [1.82, 2.24) is 4.90 Å². The number of nitrogens with one attached hydrogen (secondary N) is 1. The smallest absolute Gasteiger partial charge is 0.226 e. The number of amides is 2. The third kappa shape index (κ3) is 5.58. The van der Waals surface area contributed by atoms with Gasteiger partial charge in [-0.15, -0.1) is 0 Å². The van der Waals surface area contributed by atoms with Crippen molar-refractivity contribution >= 4 is 17.5 Å². The molecule has 0 aliphatic heterocycles. The Hall–Kier alpha value is -2.89. The second kappa shape index (κ2) is 9.56. The van der Waals surface area contributed by atoms with Crippen LogP contribution in [0.5, 0.6) is 5.75 Å². The van der Waals surface area contributed by atoms with E-state index in [1.807, 2.05) is 24.3 Å². The second-order valence-corrected chi connectivity index (χ2v) is 5.85. The van der Waals surface area contributed by atoms with Gasteiger partial charge in [-0.3, -0.25) is 9.59 Å². The summed E-state index contributed by atoms with van der Waals surface area (Å²) >= 11 is 0. The SMILES string of the molecule is COc1ccccc1CCN(CCC(=O)Nc1ccccc1F)C(C)=O. The predicted octanol–water partition coefficient (Wildman–Crippen LogP) is 3.25. The van der Waals surface area contributed by atoms with Crippen molar-refractivity contribution < 1.29 is 18.7 Å². The lowest BCUT2D eigenvalue weighted by Gasteiger charge is -2.21. The number of para-hydroxylation sites is 2. The Morgan fingerprint density at radius 2 is 1.77 bits per heavy atom. The Bertz CT molecular complexity index is 764. The maximum absolute atomic E-state index is 13.6. The highest BCUT2D eigenvalue weighted by molar-refractivity contribution is 5.91. The van der Waals surface area contributed by atoms with Gasteiger partial charge in [0.1, 0.15) is 11.6 Å². The zero-order chi connectivity index (χ0) is 18.9. The van der Waals surface area contributed by atoms with Gasteiger partial charge in [-0.25, -0.2) is 4.39 Å². The number of nitrogens with zero attached hydrogens (tertiary/aromatic N) is 1. The summed E-state index contributed by atoms with van der Waals surface area (Å²) in [5.41, 5.74) is 1.14. The van der Waals surface area contributed by atoms with Crippen LogP contribution in [0.15, 0.2) is 48.5 Å². The van der Waals surface area contributed by atoms with E-state index < -0.39 is 5.82 Å². The maximum Gasteiger partial charge on any atom is 0.226 e. The van der Waals surface area contributed by atoms with Crippen molar-refractivity contribution in [3.05, 3.63) is 59.9 Å². The largest absolute Gasteiger partial charge is 0.496 e. The van der Waals surface area contributed by atoms with Gasteiger partial charge >= 0.3 is 0 Å². The zero-order valence-electron chi connectivity index (χ0n) is 15.0. The first-order valence-corrected chi connectivity index (χ1v) is 8.43. The summed E-state index contributed by atoms with van der Waals surface area (Å²) in [6.07, 6.45) is 0.721. The van der Waals surface area contributed by atoms with Gasteiger partial charge in [-0.05, 0) is 30.2 Å². The van der Waals surface area contributed by atoms with E-state index in [1.165, 1.54) is 19.1 Å². The fraction of sp³-hybridized carbons (Fsp3) is 0.300. The third-order valence-corrected chi connectivity index (χ3v) is 4.05. The molecule has 6 heteroatoms. The first-order valence-electron chi connectivity index (χ1n) is 8.43. The van der Waals surface area contributed by atoms with Gasteiger partial charge < -0.3 is 15.0 Å². The van der Waals surface area contributed by atoms with Gasteiger partial charge in [-0.2, -0.15) is 0 Å². The highest BCUT2D eigenvalue weighted by Gasteiger charge is 2.13. The normalized spacial score (nSPS) is 10.3. The monoisotopic (exact) mass is 358 g/mol. The number of methoxy groups -OCH3 is 1. The van der Waals surface area contributed by atoms with E-state index in [0.29, 0.717) is 13.0 Å². The number of carbonyl (C=O) groups excluding carboxylic acids is 2. The van der Waals surface area contributed by atoms with Crippen LogP contribution in [0, 0.1) is 5.82 Å². The van der Waals surface area contributed by atoms with Crippen LogP contribution < -0.4 is 10.1 Å². The van der Waals surface area contributed by atoms with E-state index in [1.54, 1.807) is 24.1 Å². The van der Waals surface area contributed by atoms with Crippen molar-refractivity contribution in [3.8, 4) is 5.75 Å². The summed E-state index contributed by atoms with van der Waals surface area (Å²) in [6.45, 7) is 2.21. The van der Waals surface area contributed by atoms with E-state index in [0.717, 1.165) is 11.3 Å². The molecule has 0 unspecified atom stereocenters. The molecule has 2 aromatic rings. The van der Waals surface area contributed by atoms with Crippen LogP contribution in [0.4, 0.5) is 10.1 Å². The van der Waals surface area contributed by atoms with Gasteiger partial charge in [0.15, 0.2) is 0 Å². The molecule has 0 bridgehead atoms. The number of hydrogen-bond donors (Lipinski definition) is 1. The average molecular weight is 358 g/mol. The van der Waals surface area contributed by atoms with Gasteiger partial charge in [0.2, 0.25) is 11.8 Å². The Balaban J connectivity index is 1.89. The molecule has 26 heavy (non-hydrogen) atoms. The molecule has 0 fully saturated rings. The number of halogens is 1. The molecule has 0 spiro atoms. The minimum atomic E-state index is -0.486. The molecule has 5 nitrogen and oxygen atoms in total. The summed E-state index contributed by atoms with van der Waals surface area (Å²) in [5, 5.41) is 2.52. The topological polar surface area (TPSA) is 58.6 Å². The van der Waals surface area contributed by atoms with E-state index in [-0.39, 0.29) is 30.5 Å². The molecule has 1 N–H and O–H groups in total. The van der Waals surface area contributed by atoms with Crippen LogP contribution in [0.1, 0.15) is 18.9 Å². The maximum atomic E-state index is 13.6. The van der Waals surface area contributed by atoms with E-state index in [2.05, 4.69) is 5.32 Å². The molecule has 0 saturated heterocycles. The number of ether oxygens (including phenoxy) is 1. The summed E-state index contributed by atoms with van der Waals surface area (Å²) in [5.74, 6) is -0.161. The van der Waals surface area contributed by atoms with Gasteiger partial charge in [-0.1, -0.05) is 30.3 Å². The number of rotatable bonds is 8. The third-order valence-electron chi connectivity index (χ3n) is 4.05. The van der Waals surface area contributed by atoms with Crippen molar-refractivity contribution in [2.75, 3.05) is 25.5 Å². The molecule has 0 aromatic heterocycles. The quantitative estimate of drug-likeness (QED) is 0.788. The Labute approximate surface area is 152 Å². The molecule has 138 valence electrons. The van der Waals surface area contributed by atoms with Gasteiger partial charge in [0.05, 0.1) is 12.8 Å². The fourth-order valence-corrected chi connectivity index (χ4v) is 2.60. The van der Waals surface area contributed by atoms with Crippen molar-refractivity contribution in [2.45, 2.75) is 19.8 Å². The Morgan fingerprint density at radius 1 is 1.08 bits per heavy atom. The molecule has 0 saturated carbocycles. The van der Waals surface area contributed by atoms with E-state index in [9.17, 15) is 14.0 Å². The molecule has 0 heterocycles. The molecule has 2 rings (SSSR count). The van der Waals surface area contributed by atoms with Crippen LogP contribution >= 0.6 is 0 Å². The highest BCUT2D eigenvalue weighted by atomic mass is 19.1. The molecule has 0 atom stereocenters. The fourth-order valence-electron chi connectivity index (χ4n) is 2.60. The van der Waals surface area contributed by atoms with Crippen molar-refractivity contribution in [2.24, 2.45) is 0 Å². The number of hydrogen-bond acceptors (Lipinski definition) is 3. The molecule has 0 aliphatic rings. The van der Waals surface area contributed by atoms with Crippen molar-refractivity contribution in [3.63, 3.8) is 0 Å². The summed E-state index contributed by atoms with van der Waals surface area (Å²) < 4.78 is 18.9. The minimum Gasteiger partial charge on any atom is -0.496 e. The van der Waals surface area contributed by atoms with Crippen LogP contribution in [0.2, 0.25) is 0 Å². The average Bonchev–Trinajstić information content (AvgIpc) is 2.63. The predicted molar refractivity (Wildman–Crippen MR) is 98.6 cm³/mol. The molecule has 2 amide bonds. The lowest BCUT2D eigenvalue weighted by molar-refractivity contribution is -0.129. The molecule has 2 aromatic carbocycles. The lowest BCUT2D eigenvalue weighted by Crippen LogP contribution is -2.33. The van der Waals surface area contributed by atoms with Crippen LogP contribution in [-0.4, -0.2) is 36.9 Å². The van der Waals surface area contributed by atoms with Gasteiger partial charge in [0, 0.05) is 26.4 Å². The van der Waals surface area contributed by atoms with Crippen LogP contribution in [-0.2, 0) is 16.0 Å². The lowest BCUT2D eigenvalue weighted by atomic mass is 10.1. The number of benzene rings is 2. The zero-order valence-corrected chi connectivity index (χ0v) is 15.0. The number of carbonyl (C=O) groups is 2. The van der Waals surface area contributed by atoms with E-state index >= 15 is 0 Å².